The van der Waals surface area contributed by atoms with Crippen LogP contribution in [0.25, 0.3) is 0 Å². The lowest BCUT2D eigenvalue weighted by atomic mass is 9.96. The first kappa shape index (κ1) is 14.5. The molecule has 4 N–H and O–H groups in total. The minimum absolute atomic E-state index is 0.0168. The van der Waals surface area contributed by atoms with Crippen LogP contribution in [0, 0.1) is 12.8 Å². The molecule has 2 amide bonds. The van der Waals surface area contributed by atoms with E-state index in [9.17, 15) is 9.59 Å². The first-order chi connectivity index (χ1) is 9.63. The van der Waals surface area contributed by atoms with E-state index in [1.165, 1.54) is 6.20 Å². The van der Waals surface area contributed by atoms with Crippen molar-refractivity contribution in [1.29, 1.82) is 0 Å². The monoisotopic (exact) mass is 279 g/mol. The van der Waals surface area contributed by atoms with Crippen molar-refractivity contribution in [2.45, 2.75) is 19.8 Å². The quantitative estimate of drug-likeness (QED) is 0.700. The maximum atomic E-state index is 12.4. The number of H-pyrrole nitrogens is 1. The summed E-state index contributed by atoms with van der Waals surface area (Å²) in [6.45, 7) is 3.86. The molecular weight excluding hydrogens is 258 g/mol. The molecule has 1 aromatic rings. The normalized spacial score (nSPS) is 18.9. The molecule has 1 saturated heterocycles. The number of aromatic amines is 1. The van der Waals surface area contributed by atoms with Crippen molar-refractivity contribution in [2.75, 3.05) is 26.2 Å². The number of carbonyl (C=O) groups excluding carboxylic acids is 2. The number of nitrogens with one attached hydrogen (secondary N) is 2. The molecule has 7 heteroatoms. The number of nitrogens with two attached hydrogens (primary N) is 1. The Kier molecular flexibility index (Phi) is 4.73. The third-order valence-electron chi connectivity index (χ3n) is 3.58. The Morgan fingerprint density at radius 2 is 2.40 bits per heavy atom. The zero-order valence-corrected chi connectivity index (χ0v) is 11.7. The third-order valence-corrected chi connectivity index (χ3v) is 3.58. The summed E-state index contributed by atoms with van der Waals surface area (Å²) in [5.41, 5.74) is 6.70. The zero-order chi connectivity index (χ0) is 14.5. The van der Waals surface area contributed by atoms with E-state index in [1.54, 1.807) is 4.90 Å². The van der Waals surface area contributed by atoms with Gasteiger partial charge in [0.15, 0.2) is 0 Å². The van der Waals surface area contributed by atoms with E-state index < -0.39 is 0 Å². The van der Waals surface area contributed by atoms with Crippen LogP contribution in [0.2, 0.25) is 0 Å². The van der Waals surface area contributed by atoms with E-state index in [1.807, 2.05) is 6.92 Å². The van der Waals surface area contributed by atoms with Gasteiger partial charge in [-0.15, -0.1) is 0 Å². The molecule has 1 unspecified atom stereocenters. The Hall–Kier alpha value is -1.89. The molecule has 0 aromatic carbocycles. The van der Waals surface area contributed by atoms with Crippen molar-refractivity contribution in [3.63, 3.8) is 0 Å². The van der Waals surface area contributed by atoms with Crippen molar-refractivity contribution in [3.05, 3.63) is 17.5 Å². The van der Waals surface area contributed by atoms with Gasteiger partial charge in [0.1, 0.15) is 0 Å². The number of rotatable bonds is 4. The first-order valence-corrected chi connectivity index (χ1v) is 6.90. The standard InChI is InChI=1S/C13H21N5O2/c1-9-11(7-16-17-9)13(20)18-6-2-3-10(8-18)12(19)15-5-4-14/h7,10H,2-6,8,14H2,1H3,(H,15,19)(H,16,17). The molecule has 1 fully saturated rings. The lowest BCUT2D eigenvalue weighted by Crippen LogP contribution is -2.46. The molecular formula is C13H21N5O2. The van der Waals surface area contributed by atoms with E-state index in [0.29, 0.717) is 31.7 Å². The van der Waals surface area contributed by atoms with Gasteiger partial charge >= 0.3 is 0 Å². The second kappa shape index (κ2) is 6.51. The minimum Gasteiger partial charge on any atom is -0.355 e. The van der Waals surface area contributed by atoms with Gasteiger partial charge in [-0.1, -0.05) is 0 Å². The van der Waals surface area contributed by atoms with Gasteiger partial charge in [0.2, 0.25) is 5.91 Å². The second-order valence-corrected chi connectivity index (χ2v) is 5.08. The van der Waals surface area contributed by atoms with Gasteiger partial charge in [0.25, 0.3) is 5.91 Å². The fourth-order valence-corrected chi connectivity index (χ4v) is 2.45. The number of amides is 2. The predicted molar refractivity (Wildman–Crippen MR) is 74.0 cm³/mol. The predicted octanol–water partition coefficient (Wildman–Crippen LogP) is -0.355. The van der Waals surface area contributed by atoms with Crippen molar-refractivity contribution in [1.82, 2.24) is 20.4 Å². The molecule has 0 aliphatic carbocycles. The van der Waals surface area contributed by atoms with Gasteiger partial charge in [-0.05, 0) is 19.8 Å². The summed E-state index contributed by atoms with van der Waals surface area (Å²) in [6.07, 6.45) is 3.18. The van der Waals surface area contributed by atoms with Crippen LogP contribution in [-0.2, 0) is 4.79 Å². The molecule has 0 radical (unpaired) electrons. The highest BCUT2D eigenvalue weighted by Gasteiger charge is 2.29. The van der Waals surface area contributed by atoms with Crippen LogP contribution in [0.1, 0.15) is 28.9 Å². The highest BCUT2D eigenvalue weighted by atomic mass is 16.2. The summed E-state index contributed by atoms with van der Waals surface area (Å²) in [5.74, 6) is -0.226. The molecule has 1 atom stereocenters. The van der Waals surface area contributed by atoms with Gasteiger partial charge < -0.3 is 16.0 Å². The number of aromatic nitrogens is 2. The summed E-state index contributed by atoms with van der Waals surface area (Å²) >= 11 is 0. The summed E-state index contributed by atoms with van der Waals surface area (Å²) in [6, 6.07) is 0. The van der Waals surface area contributed by atoms with E-state index in [2.05, 4.69) is 15.5 Å². The lowest BCUT2D eigenvalue weighted by Gasteiger charge is -2.32. The van der Waals surface area contributed by atoms with Gasteiger partial charge in [-0.2, -0.15) is 5.10 Å². The average molecular weight is 279 g/mol. The third kappa shape index (κ3) is 3.16. The number of hydrogen-bond donors (Lipinski definition) is 3. The summed E-state index contributed by atoms with van der Waals surface area (Å²) in [4.78, 5) is 26.1. The molecule has 7 nitrogen and oxygen atoms in total. The molecule has 110 valence electrons. The minimum atomic E-state index is -0.147. The van der Waals surface area contributed by atoms with Crippen LogP contribution in [0.5, 0.6) is 0 Å². The highest BCUT2D eigenvalue weighted by Crippen LogP contribution is 2.19. The number of likely N-dealkylation sites (tertiary alicyclic amines) is 1. The molecule has 2 heterocycles. The zero-order valence-electron chi connectivity index (χ0n) is 11.7. The Bertz CT molecular complexity index is 485. The molecule has 1 aliphatic heterocycles. The van der Waals surface area contributed by atoms with Crippen molar-refractivity contribution >= 4 is 11.8 Å². The molecule has 1 aliphatic rings. The highest BCUT2D eigenvalue weighted by molar-refractivity contribution is 5.95. The average Bonchev–Trinajstić information content (AvgIpc) is 2.90. The summed E-state index contributed by atoms with van der Waals surface area (Å²) in [5, 5.41) is 9.41. The Labute approximate surface area is 117 Å². The van der Waals surface area contributed by atoms with Crippen LogP contribution in [0.3, 0.4) is 0 Å². The fourth-order valence-electron chi connectivity index (χ4n) is 2.45. The molecule has 0 bridgehead atoms. The van der Waals surface area contributed by atoms with Gasteiger partial charge in [-0.3, -0.25) is 14.7 Å². The summed E-state index contributed by atoms with van der Waals surface area (Å²) < 4.78 is 0. The van der Waals surface area contributed by atoms with Crippen molar-refractivity contribution < 1.29 is 9.59 Å². The first-order valence-electron chi connectivity index (χ1n) is 6.90. The van der Waals surface area contributed by atoms with Gasteiger partial charge in [0.05, 0.1) is 17.7 Å². The van der Waals surface area contributed by atoms with Crippen LogP contribution in [0.15, 0.2) is 6.20 Å². The van der Waals surface area contributed by atoms with Gasteiger partial charge in [0, 0.05) is 31.9 Å². The Morgan fingerprint density at radius 3 is 3.05 bits per heavy atom. The van der Waals surface area contributed by atoms with E-state index in [-0.39, 0.29) is 17.7 Å². The number of nitrogens with zero attached hydrogens (tertiary/aromatic N) is 2. The number of piperidine rings is 1. The number of carbonyl (C=O) groups is 2. The Morgan fingerprint density at radius 1 is 1.60 bits per heavy atom. The largest absolute Gasteiger partial charge is 0.355 e. The molecule has 1 aromatic heterocycles. The number of hydrogen-bond acceptors (Lipinski definition) is 4. The van der Waals surface area contributed by atoms with Crippen LogP contribution < -0.4 is 11.1 Å². The fraction of sp³-hybridized carbons (Fsp3) is 0.615. The number of aryl methyl sites for hydroxylation is 1. The van der Waals surface area contributed by atoms with Crippen molar-refractivity contribution in [3.8, 4) is 0 Å². The Balaban J connectivity index is 1.98. The summed E-state index contributed by atoms with van der Waals surface area (Å²) in [7, 11) is 0. The van der Waals surface area contributed by atoms with E-state index in [4.69, 9.17) is 5.73 Å². The lowest BCUT2D eigenvalue weighted by molar-refractivity contribution is -0.126. The van der Waals surface area contributed by atoms with Crippen molar-refractivity contribution in [2.24, 2.45) is 11.7 Å². The maximum absolute atomic E-state index is 12.4. The smallest absolute Gasteiger partial charge is 0.257 e. The SMILES string of the molecule is Cc1[nH]ncc1C(=O)N1CCCC(C(=O)NCCN)C1. The van der Waals surface area contributed by atoms with Crippen LogP contribution in [0.4, 0.5) is 0 Å². The van der Waals surface area contributed by atoms with Gasteiger partial charge in [-0.25, -0.2) is 0 Å². The molecule has 20 heavy (non-hydrogen) atoms. The van der Waals surface area contributed by atoms with Crippen LogP contribution in [-0.4, -0.2) is 53.1 Å². The topological polar surface area (TPSA) is 104 Å². The molecule has 0 spiro atoms. The second-order valence-electron chi connectivity index (χ2n) is 5.08. The van der Waals surface area contributed by atoms with E-state index in [0.717, 1.165) is 18.5 Å². The maximum Gasteiger partial charge on any atom is 0.257 e. The van der Waals surface area contributed by atoms with Crippen LogP contribution >= 0.6 is 0 Å². The van der Waals surface area contributed by atoms with E-state index >= 15 is 0 Å². The molecule has 0 saturated carbocycles. The molecule has 2 rings (SSSR count).